The lowest BCUT2D eigenvalue weighted by molar-refractivity contribution is 0.648. The Balaban J connectivity index is 1.56. The molecule has 1 fully saturated rings. The Bertz CT molecular complexity index is 774. The van der Waals surface area contributed by atoms with Gasteiger partial charge in [0.2, 0.25) is 0 Å². The van der Waals surface area contributed by atoms with E-state index in [1.807, 2.05) is 6.92 Å². The quantitative estimate of drug-likeness (QED) is 0.783. The molecule has 0 unspecified atom stereocenters. The van der Waals surface area contributed by atoms with E-state index in [4.69, 9.17) is 0 Å². The molecule has 0 radical (unpaired) electrons. The Labute approximate surface area is 128 Å². The van der Waals surface area contributed by atoms with Crippen molar-refractivity contribution in [3.8, 4) is 0 Å². The number of rotatable bonds is 2. The van der Waals surface area contributed by atoms with Crippen molar-refractivity contribution in [2.45, 2.75) is 6.92 Å². The van der Waals surface area contributed by atoms with Crippen LogP contribution in [0.1, 0.15) is 5.69 Å². The number of hydrogen-bond acceptors (Lipinski definition) is 5. The van der Waals surface area contributed by atoms with E-state index in [1.165, 1.54) is 5.69 Å². The monoisotopic (exact) mass is 294 g/mol. The Hall–Kier alpha value is -2.63. The van der Waals surface area contributed by atoms with Crippen LogP contribution >= 0.6 is 0 Å². The number of anilines is 2. The molecule has 1 aromatic carbocycles. The Morgan fingerprint density at radius 2 is 1.64 bits per heavy atom. The number of para-hydroxylation sites is 1. The van der Waals surface area contributed by atoms with Gasteiger partial charge in [-0.3, -0.25) is 5.10 Å². The second kappa shape index (κ2) is 5.29. The maximum absolute atomic E-state index is 4.46. The highest BCUT2D eigenvalue weighted by Crippen LogP contribution is 2.24. The molecule has 0 amide bonds. The molecule has 1 aliphatic rings. The minimum absolute atomic E-state index is 0.869. The second-order valence-corrected chi connectivity index (χ2v) is 5.55. The van der Waals surface area contributed by atoms with Crippen LogP contribution in [0.4, 0.5) is 11.5 Å². The van der Waals surface area contributed by atoms with E-state index in [-0.39, 0.29) is 0 Å². The molecule has 3 aromatic rings. The van der Waals surface area contributed by atoms with Gasteiger partial charge in [-0.1, -0.05) is 18.2 Å². The predicted octanol–water partition coefficient (Wildman–Crippen LogP) is 1.99. The topological polar surface area (TPSA) is 60.9 Å². The summed E-state index contributed by atoms with van der Waals surface area (Å²) < 4.78 is 0. The molecule has 0 spiro atoms. The first-order valence-electron chi connectivity index (χ1n) is 7.53. The van der Waals surface area contributed by atoms with Gasteiger partial charge in [0.05, 0.1) is 5.69 Å². The largest absolute Gasteiger partial charge is 0.368 e. The summed E-state index contributed by atoms with van der Waals surface area (Å²) in [5.74, 6) is 0.932. The number of aromatic nitrogens is 4. The van der Waals surface area contributed by atoms with Crippen LogP contribution in [0.25, 0.3) is 11.0 Å². The molecule has 1 aliphatic heterocycles. The van der Waals surface area contributed by atoms with Crippen LogP contribution in [-0.4, -0.2) is 46.3 Å². The lowest BCUT2D eigenvalue weighted by atomic mass is 10.2. The maximum Gasteiger partial charge on any atom is 0.160 e. The van der Waals surface area contributed by atoms with Gasteiger partial charge in [-0.15, -0.1) is 0 Å². The highest BCUT2D eigenvalue weighted by molar-refractivity contribution is 5.87. The fourth-order valence-corrected chi connectivity index (χ4v) is 2.99. The lowest BCUT2D eigenvalue weighted by Crippen LogP contribution is -2.46. The number of piperazine rings is 1. The highest BCUT2D eigenvalue weighted by atomic mass is 15.3. The van der Waals surface area contributed by atoms with Gasteiger partial charge >= 0.3 is 0 Å². The van der Waals surface area contributed by atoms with Gasteiger partial charge in [-0.05, 0) is 19.1 Å². The van der Waals surface area contributed by atoms with Gasteiger partial charge < -0.3 is 9.80 Å². The molecule has 3 heterocycles. The van der Waals surface area contributed by atoms with E-state index in [2.05, 4.69) is 60.3 Å². The Morgan fingerprint density at radius 3 is 2.41 bits per heavy atom. The molecule has 1 saturated heterocycles. The first kappa shape index (κ1) is 13.1. The summed E-state index contributed by atoms with van der Waals surface area (Å²) in [6, 6.07) is 10.5. The minimum Gasteiger partial charge on any atom is -0.368 e. The van der Waals surface area contributed by atoms with Crippen LogP contribution in [0.5, 0.6) is 0 Å². The van der Waals surface area contributed by atoms with Crippen molar-refractivity contribution in [2.24, 2.45) is 0 Å². The summed E-state index contributed by atoms with van der Waals surface area (Å²) in [6.07, 6.45) is 1.63. The fourth-order valence-electron chi connectivity index (χ4n) is 2.99. The van der Waals surface area contributed by atoms with Crippen molar-refractivity contribution >= 4 is 22.5 Å². The number of fused-ring (bicyclic) bond motifs is 1. The molecule has 112 valence electrons. The predicted molar refractivity (Wildman–Crippen MR) is 87.3 cm³/mol. The first-order valence-corrected chi connectivity index (χ1v) is 7.53. The maximum atomic E-state index is 4.46. The van der Waals surface area contributed by atoms with Gasteiger partial charge in [-0.2, -0.15) is 5.10 Å². The van der Waals surface area contributed by atoms with Crippen molar-refractivity contribution in [2.75, 3.05) is 36.0 Å². The molecule has 1 N–H and O–H groups in total. The molecule has 2 aromatic heterocycles. The molecular weight excluding hydrogens is 276 g/mol. The number of nitrogens with zero attached hydrogens (tertiary/aromatic N) is 5. The molecule has 0 bridgehead atoms. The summed E-state index contributed by atoms with van der Waals surface area (Å²) in [6.45, 7) is 5.83. The van der Waals surface area contributed by atoms with Crippen molar-refractivity contribution in [1.82, 2.24) is 20.2 Å². The standard InChI is InChI=1S/C16H18N6/c1-12-14-15(20-19-12)16(18-11-17-14)22-9-7-21(8-10-22)13-5-3-2-4-6-13/h2-6,11H,7-10H2,1H3,(H,19,20). The number of hydrogen-bond donors (Lipinski definition) is 1. The van der Waals surface area contributed by atoms with Crippen molar-refractivity contribution < 1.29 is 0 Å². The zero-order valence-corrected chi connectivity index (χ0v) is 12.5. The summed E-state index contributed by atoms with van der Waals surface area (Å²) >= 11 is 0. The normalized spacial score (nSPS) is 15.5. The second-order valence-electron chi connectivity index (χ2n) is 5.55. The minimum atomic E-state index is 0.869. The summed E-state index contributed by atoms with van der Waals surface area (Å²) in [7, 11) is 0. The van der Waals surface area contributed by atoms with E-state index in [0.717, 1.165) is 48.7 Å². The Morgan fingerprint density at radius 1 is 0.909 bits per heavy atom. The van der Waals surface area contributed by atoms with Crippen molar-refractivity contribution in [3.05, 3.63) is 42.4 Å². The third-order valence-electron chi connectivity index (χ3n) is 4.19. The van der Waals surface area contributed by atoms with Gasteiger partial charge in [0.25, 0.3) is 0 Å². The molecular formula is C16H18N6. The van der Waals surface area contributed by atoms with Crippen LogP contribution in [0.2, 0.25) is 0 Å². The molecule has 0 saturated carbocycles. The Kier molecular flexibility index (Phi) is 3.14. The van der Waals surface area contributed by atoms with Crippen LogP contribution in [0.3, 0.4) is 0 Å². The van der Waals surface area contributed by atoms with E-state index >= 15 is 0 Å². The number of aryl methyl sites for hydroxylation is 1. The molecule has 22 heavy (non-hydrogen) atoms. The van der Waals surface area contributed by atoms with Gasteiger partial charge in [0.15, 0.2) is 11.3 Å². The third kappa shape index (κ3) is 2.16. The van der Waals surface area contributed by atoms with Crippen molar-refractivity contribution in [1.29, 1.82) is 0 Å². The SMILES string of the molecule is Cc1[nH]nc2c(N3CCN(c4ccccc4)CC3)ncnc12. The van der Waals surface area contributed by atoms with Crippen LogP contribution in [0.15, 0.2) is 36.7 Å². The average Bonchev–Trinajstić information content (AvgIpc) is 2.97. The molecule has 0 atom stereocenters. The van der Waals surface area contributed by atoms with E-state index < -0.39 is 0 Å². The number of aromatic amines is 1. The zero-order valence-electron chi connectivity index (χ0n) is 12.5. The highest BCUT2D eigenvalue weighted by Gasteiger charge is 2.21. The van der Waals surface area contributed by atoms with Gasteiger partial charge in [0.1, 0.15) is 11.8 Å². The van der Waals surface area contributed by atoms with Gasteiger partial charge in [0, 0.05) is 31.9 Å². The number of benzene rings is 1. The molecule has 0 aliphatic carbocycles. The number of nitrogens with one attached hydrogen (secondary N) is 1. The summed E-state index contributed by atoms with van der Waals surface area (Å²) in [5.41, 5.74) is 4.05. The fraction of sp³-hybridized carbons (Fsp3) is 0.312. The van der Waals surface area contributed by atoms with E-state index in [9.17, 15) is 0 Å². The molecule has 6 nitrogen and oxygen atoms in total. The number of H-pyrrole nitrogens is 1. The van der Waals surface area contributed by atoms with E-state index in [1.54, 1.807) is 6.33 Å². The third-order valence-corrected chi connectivity index (χ3v) is 4.19. The van der Waals surface area contributed by atoms with Crippen molar-refractivity contribution in [3.63, 3.8) is 0 Å². The molecule has 6 heteroatoms. The zero-order chi connectivity index (χ0) is 14.9. The lowest BCUT2D eigenvalue weighted by Gasteiger charge is -2.36. The first-order chi connectivity index (χ1) is 10.8. The average molecular weight is 294 g/mol. The van der Waals surface area contributed by atoms with Crippen LogP contribution in [-0.2, 0) is 0 Å². The smallest absolute Gasteiger partial charge is 0.160 e. The van der Waals surface area contributed by atoms with Gasteiger partial charge in [-0.25, -0.2) is 9.97 Å². The van der Waals surface area contributed by atoms with E-state index in [0.29, 0.717) is 0 Å². The summed E-state index contributed by atoms with van der Waals surface area (Å²) in [4.78, 5) is 13.5. The summed E-state index contributed by atoms with van der Waals surface area (Å²) in [5, 5.41) is 7.37. The van der Waals surface area contributed by atoms with Crippen LogP contribution < -0.4 is 9.80 Å². The molecule has 4 rings (SSSR count). The van der Waals surface area contributed by atoms with Crippen LogP contribution in [0, 0.1) is 6.92 Å².